The summed E-state index contributed by atoms with van der Waals surface area (Å²) in [6, 6.07) is 1.66. The molecule has 0 radical (unpaired) electrons. The van der Waals surface area contributed by atoms with Crippen LogP contribution in [0.4, 0.5) is 0 Å². The Kier molecular flexibility index (Phi) is 6.37. The van der Waals surface area contributed by atoms with Crippen LogP contribution >= 0.6 is 0 Å². The topological polar surface area (TPSA) is 6.48 Å². The van der Waals surface area contributed by atoms with E-state index in [1.807, 2.05) is 0 Å². The third kappa shape index (κ3) is 4.84. The highest BCUT2D eigenvalue weighted by Gasteiger charge is 2.16. The zero-order valence-corrected chi connectivity index (χ0v) is 11.7. The van der Waals surface area contributed by atoms with E-state index in [2.05, 4.69) is 38.0 Å². The summed E-state index contributed by atoms with van der Waals surface area (Å²) in [4.78, 5) is 4.84. The standard InChI is InChI=1S/C14H30N2/c1-15(2)13-9-5-7-11-14(16(3)4)12-8-6-10-13/h13-14H,5-12H2,1-4H3. The number of nitrogens with zero attached hydrogens (tertiary/aromatic N) is 2. The van der Waals surface area contributed by atoms with Crippen LogP contribution in [-0.2, 0) is 0 Å². The molecule has 1 fully saturated rings. The Bertz CT molecular complexity index is 146. The molecule has 0 saturated heterocycles. The van der Waals surface area contributed by atoms with Gasteiger partial charge in [0.1, 0.15) is 0 Å². The fourth-order valence-corrected chi connectivity index (χ4v) is 2.84. The summed E-state index contributed by atoms with van der Waals surface area (Å²) in [6.45, 7) is 0. The van der Waals surface area contributed by atoms with Crippen LogP contribution in [0.15, 0.2) is 0 Å². The van der Waals surface area contributed by atoms with Crippen molar-refractivity contribution < 1.29 is 0 Å². The van der Waals surface area contributed by atoms with Crippen molar-refractivity contribution in [3.05, 3.63) is 0 Å². The predicted molar refractivity (Wildman–Crippen MR) is 71.9 cm³/mol. The molecule has 16 heavy (non-hydrogen) atoms. The molecule has 0 aliphatic heterocycles. The molecule has 1 saturated carbocycles. The van der Waals surface area contributed by atoms with Crippen LogP contribution in [0.2, 0.25) is 0 Å². The number of hydrogen-bond donors (Lipinski definition) is 0. The van der Waals surface area contributed by atoms with Crippen LogP contribution in [0.5, 0.6) is 0 Å². The van der Waals surface area contributed by atoms with E-state index >= 15 is 0 Å². The summed E-state index contributed by atoms with van der Waals surface area (Å²) in [6.07, 6.45) is 11.2. The number of hydrogen-bond acceptors (Lipinski definition) is 2. The molecular weight excluding hydrogens is 196 g/mol. The van der Waals surface area contributed by atoms with Gasteiger partial charge in [0.05, 0.1) is 0 Å². The SMILES string of the molecule is CN(C)C1CCCCC(N(C)C)CCCC1. The molecule has 0 aromatic carbocycles. The minimum atomic E-state index is 0.830. The molecule has 0 N–H and O–H groups in total. The Hall–Kier alpha value is -0.0800. The van der Waals surface area contributed by atoms with Crippen LogP contribution in [0.3, 0.4) is 0 Å². The monoisotopic (exact) mass is 226 g/mol. The first-order chi connectivity index (χ1) is 7.61. The highest BCUT2D eigenvalue weighted by atomic mass is 15.1. The van der Waals surface area contributed by atoms with E-state index in [4.69, 9.17) is 0 Å². The fraction of sp³-hybridized carbons (Fsp3) is 1.00. The van der Waals surface area contributed by atoms with E-state index in [0.29, 0.717) is 0 Å². The van der Waals surface area contributed by atoms with E-state index in [1.165, 1.54) is 51.4 Å². The van der Waals surface area contributed by atoms with Crippen molar-refractivity contribution in [2.75, 3.05) is 28.2 Å². The van der Waals surface area contributed by atoms with E-state index in [9.17, 15) is 0 Å². The highest BCUT2D eigenvalue weighted by Crippen LogP contribution is 2.21. The first-order valence-corrected chi connectivity index (χ1v) is 6.94. The summed E-state index contributed by atoms with van der Waals surface area (Å²) in [5.74, 6) is 0. The summed E-state index contributed by atoms with van der Waals surface area (Å²) in [5, 5.41) is 0. The first kappa shape index (κ1) is 14.0. The molecule has 0 spiro atoms. The first-order valence-electron chi connectivity index (χ1n) is 6.94. The minimum Gasteiger partial charge on any atom is -0.306 e. The second-order valence-electron chi connectivity index (χ2n) is 5.80. The Morgan fingerprint density at radius 2 is 0.812 bits per heavy atom. The average molecular weight is 226 g/mol. The van der Waals surface area contributed by atoms with Crippen molar-refractivity contribution in [2.45, 2.75) is 63.5 Å². The van der Waals surface area contributed by atoms with Gasteiger partial charge >= 0.3 is 0 Å². The summed E-state index contributed by atoms with van der Waals surface area (Å²) in [5.41, 5.74) is 0. The van der Waals surface area contributed by atoms with Gasteiger partial charge in [-0.3, -0.25) is 0 Å². The van der Waals surface area contributed by atoms with Crippen LogP contribution in [-0.4, -0.2) is 50.1 Å². The van der Waals surface area contributed by atoms with Gasteiger partial charge in [-0.2, -0.15) is 0 Å². The third-order valence-corrected chi connectivity index (χ3v) is 4.11. The van der Waals surface area contributed by atoms with Crippen molar-refractivity contribution in [1.82, 2.24) is 9.80 Å². The van der Waals surface area contributed by atoms with Gasteiger partial charge in [0, 0.05) is 12.1 Å². The van der Waals surface area contributed by atoms with Crippen molar-refractivity contribution in [3.8, 4) is 0 Å². The van der Waals surface area contributed by atoms with Gasteiger partial charge in [0.25, 0.3) is 0 Å². The fourth-order valence-electron chi connectivity index (χ4n) is 2.84. The maximum atomic E-state index is 2.42. The molecule has 1 aliphatic rings. The lowest BCUT2D eigenvalue weighted by molar-refractivity contribution is 0.215. The molecule has 0 unspecified atom stereocenters. The summed E-state index contributed by atoms with van der Waals surface area (Å²) < 4.78 is 0. The van der Waals surface area contributed by atoms with Crippen molar-refractivity contribution >= 4 is 0 Å². The lowest BCUT2D eigenvalue weighted by Crippen LogP contribution is -2.30. The van der Waals surface area contributed by atoms with Gasteiger partial charge in [-0.15, -0.1) is 0 Å². The molecule has 1 rings (SSSR count). The van der Waals surface area contributed by atoms with E-state index in [-0.39, 0.29) is 0 Å². The van der Waals surface area contributed by atoms with Crippen molar-refractivity contribution in [1.29, 1.82) is 0 Å². The normalized spacial score (nSPS) is 29.6. The molecule has 2 nitrogen and oxygen atoms in total. The third-order valence-electron chi connectivity index (χ3n) is 4.11. The molecule has 2 heteroatoms. The Labute approximate surface area is 102 Å². The molecule has 0 bridgehead atoms. The molecule has 0 aromatic heterocycles. The van der Waals surface area contributed by atoms with Gasteiger partial charge in [-0.05, 0) is 53.9 Å². The van der Waals surface area contributed by atoms with Crippen LogP contribution in [0.25, 0.3) is 0 Å². The van der Waals surface area contributed by atoms with Crippen LogP contribution in [0, 0.1) is 0 Å². The Morgan fingerprint density at radius 1 is 0.562 bits per heavy atom. The molecular formula is C14H30N2. The molecule has 0 heterocycles. The van der Waals surface area contributed by atoms with E-state index in [0.717, 1.165) is 12.1 Å². The lowest BCUT2D eigenvalue weighted by Gasteiger charge is -2.29. The molecule has 0 aromatic rings. The van der Waals surface area contributed by atoms with Crippen molar-refractivity contribution in [2.24, 2.45) is 0 Å². The zero-order chi connectivity index (χ0) is 12.0. The predicted octanol–water partition coefficient (Wildman–Crippen LogP) is 2.98. The van der Waals surface area contributed by atoms with E-state index < -0.39 is 0 Å². The van der Waals surface area contributed by atoms with Gasteiger partial charge in [0.2, 0.25) is 0 Å². The van der Waals surface area contributed by atoms with Gasteiger partial charge in [-0.1, -0.05) is 25.7 Å². The smallest absolute Gasteiger partial charge is 0.00891 e. The maximum absolute atomic E-state index is 2.42. The zero-order valence-electron chi connectivity index (χ0n) is 11.7. The Balaban J connectivity index is 2.37. The summed E-state index contributed by atoms with van der Waals surface area (Å²) >= 11 is 0. The van der Waals surface area contributed by atoms with Gasteiger partial charge in [-0.25, -0.2) is 0 Å². The maximum Gasteiger partial charge on any atom is 0.00891 e. The van der Waals surface area contributed by atoms with Gasteiger partial charge < -0.3 is 9.80 Å². The highest BCUT2D eigenvalue weighted by molar-refractivity contribution is 4.72. The largest absolute Gasteiger partial charge is 0.306 e. The summed E-state index contributed by atoms with van der Waals surface area (Å²) in [7, 11) is 8.94. The quantitative estimate of drug-likeness (QED) is 0.714. The molecule has 1 aliphatic carbocycles. The second kappa shape index (κ2) is 7.29. The second-order valence-corrected chi connectivity index (χ2v) is 5.80. The Morgan fingerprint density at radius 3 is 1.00 bits per heavy atom. The van der Waals surface area contributed by atoms with Crippen molar-refractivity contribution in [3.63, 3.8) is 0 Å². The molecule has 96 valence electrons. The number of rotatable bonds is 2. The van der Waals surface area contributed by atoms with Crippen LogP contribution < -0.4 is 0 Å². The van der Waals surface area contributed by atoms with E-state index in [1.54, 1.807) is 0 Å². The minimum absolute atomic E-state index is 0.830. The molecule has 0 atom stereocenters. The van der Waals surface area contributed by atoms with Crippen LogP contribution in [0.1, 0.15) is 51.4 Å². The lowest BCUT2D eigenvalue weighted by atomic mass is 9.94. The average Bonchev–Trinajstić information content (AvgIpc) is 2.24. The van der Waals surface area contributed by atoms with Gasteiger partial charge in [0.15, 0.2) is 0 Å². The molecule has 0 amide bonds.